The lowest BCUT2D eigenvalue weighted by Gasteiger charge is -2.10. The zero-order valence-corrected chi connectivity index (χ0v) is 21.4. The van der Waals surface area contributed by atoms with Crippen LogP contribution >= 0.6 is 23.1 Å². The van der Waals surface area contributed by atoms with Crippen LogP contribution in [0.5, 0.6) is 17.2 Å². The molecule has 0 saturated heterocycles. The van der Waals surface area contributed by atoms with Gasteiger partial charge in [-0.3, -0.25) is 0 Å². The first-order valence-electron chi connectivity index (χ1n) is 11.0. The molecule has 4 rings (SSSR count). The molecule has 0 saturated carbocycles. The lowest BCUT2D eigenvalue weighted by atomic mass is 10.2. The number of thiazole rings is 1. The number of nitrogens with zero attached hydrogens (tertiary/aromatic N) is 4. The highest BCUT2D eigenvalue weighted by Gasteiger charge is 2.17. The standard InChI is InChI=1S/C25H28N4O3S2/c1-5-6-14-29-23(17-10-12-19(30-2)13-11-17)27-28-25(29)34-16-18-15-33-24(26-18)20-8-7-9-21(31-3)22(20)32-4/h7-13,15H,5-6,14,16H2,1-4H3. The van der Waals surface area contributed by atoms with E-state index in [9.17, 15) is 0 Å². The second-order valence-corrected chi connectivity index (χ2v) is 9.31. The Kier molecular flexibility index (Phi) is 8.08. The second kappa shape index (κ2) is 11.4. The van der Waals surface area contributed by atoms with Crippen LogP contribution in [-0.2, 0) is 12.3 Å². The summed E-state index contributed by atoms with van der Waals surface area (Å²) in [7, 11) is 4.96. The van der Waals surface area contributed by atoms with E-state index in [1.54, 1.807) is 44.4 Å². The summed E-state index contributed by atoms with van der Waals surface area (Å²) >= 11 is 3.25. The maximum Gasteiger partial charge on any atom is 0.191 e. The molecule has 2 heterocycles. The van der Waals surface area contributed by atoms with E-state index in [0.717, 1.165) is 57.9 Å². The summed E-state index contributed by atoms with van der Waals surface area (Å²) in [6.45, 7) is 3.06. The Hall–Kier alpha value is -3.04. The highest BCUT2D eigenvalue weighted by molar-refractivity contribution is 7.98. The quantitative estimate of drug-likeness (QED) is 0.229. The molecule has 2 aromatic heterocycles. The van der Waals surface area contributed by atoms with Gasteiger partial charge in [0.1, 0.15) is 10.8 Å². The van der Waals surface area contributed by atoms with E-state index >= 15 is 0 Å². The molecule has 7 nitrogen and oxygen atoms in total. The fourth-order valence-electron chi connectivity index (χ4n) is 3.56. The molecule has 34 heavy (non-hydrogen) atoms. The molecule has 0 bridgehead atoms. The number of benzene rings is 2. The molecule has 9 heteroatoms. The number of thioether (sulfide) groups is 1. The Balaban J connectivity index is 1.54. The molecule has 0 atom stereocenters. The molecule has 0 aliphatic carbocycles. The average Bonchev–Trinajstić information content (AvgIpc) is 3.52. The highest BCUT2D eigenvalue weighted by atomic mass is 32.2. The van der Waals surface area contributed by atoms with E-state index in [4.69, 9.17) is 19.2 Å². The largest absolute Gasteiger partial charge is 0.497 e. The van der Waals surface area contributed by atoms with E-state index in [1.807, 2.05) is 42.5 Å². The van der Waals surface area contributed by atoms with Gasteiger partial charge in [0.05, 0.1) is 32.6 Å². The van der Waals surface area contributed by atoms with Crippen molar-refractivity contribution in [3.05, 3.63) is 53.5 Å². The highest BCUT2D eigenvalue weighted by Crippen LogP contribution is 2.39. The molecule has 0 fully saturated rings. The summed E-state index contributed by atoms with van der Waals surface area (Å²) in [5, 5.41) is 12.9. The predicted octanol–water partition coefficient (Wildman–Crippen LogP) is 6.19. The second-order valence-electron chi connectivity index (χ2n) is 7.51. The van der Waals surface area contributed by atoms with E-state index in [0.29, 0.717) is 17.3 Å². The number of para-hydroxylation sites is 1. The first-order valence-corrected chi connectivity index (χ1v) is 12.9. The van der Waals surface area contributed by atoms with Crippen LogP contribution < -0.4 is 14.2 Å². The zero-order chi connectivity index (χ0) is 23.9. The number of aromatic nitrogens is 4. The predicted molar refractivity (Wildman–Crippen MR) is 137 cm³/mol. The number of ether oxygens (including phenoxy) is 3. The zero-order valence-electron chi connectivity index (χ0n) is 19.8. The van der Waals surface area contributed by atoms with Crippen molar-refractivity contribution < 1.29 is 14.2 Å². The summed E-state index contributed by atoms with van der Waals surface area (Å²) in [6, 6.07) is 13.8. The van der Waals surface area contributed by atoms with Gasteiger partial charge in [0.15, 0.2) is 22.5 Å². The summed E-state index contributed by atoms with van der Waals surface area (Å²) in [5.41, 5.74) is 2.94. The molecule has 0 amide bonds. The molecule has 0 spiro atoms. The van der Waals surface area contributed by atoms with Crippen LogP contribution in [0, 0.1) is 0 Å². The number of methoxy groups -OCH3 is 3. The number of hydrogen-bond donors (Lipinski definition) is 0. The Morgan fingerprint density at radius 3 is 2.50 bits per heavy atom. The van der Waals surface area contributed by atoms with E-state index in [1.165, 1.54) is 0 Å². The average molecular weight is 497 g/mol. The van der Waals surface area contributed by atoms with Crippen LogP contribution in [0.3, 0.4) is 0 Å². The van der Waals surface area contributed by atoms with Gasteiger partial charge < -0.3 is 18.8 Å². The van der Waals surface area contributed by atoms with Crippen molar-refractivity contribution in [1.82, 2.24) is 19.7 Å². The van der Waals surface area contributed by atoms with Gasteiger partial charge in [0.2, 0.25) is 0 Å². The van der Waals surface area contributed by atoms with Crippen molar-refractivity contribution in [3.8, 4) is 39.2 Å². The molecule has 0 N–H and O–H groups in total. The van der Waals surface area contributed by atoms with Gasteiger partial charge in [-0.05, 0) is 42.8 Å². The first kappa shape index (κ1) is 24.1. The number of unbranched alkanes of at least 4 members (excludes halogenated alkanes) is 1. The van der Waals surface area contributed by atoms with Crippen molar-refractivity contribution in [3.63, 3.8) is 0 Å². The maximum absolute atomic E-state index is 5.58. The fourth-order valence-corrected chi connectivity index (χ4v) is 5.36. The Bertz CT molecular complexity index is 1220. The minimum atomic E-state index is 0.696. The molecule has 4 aromatic rings. The van der Waals surface area contributed by atoms with Crippen molar-refractivity contribution in [1.29, 1.82) is 0 Å². The molecule has 2 aromatic carbocycles. The van der Waals surface area contributed by atoms with E-state index < -0.39 is 0 Å². The van der Waals surface area contributed by atoms with Crippen molar-refractivity contribution in [2.24, 2.45) is 0 Å². The van der Waals surface area contributed by atoms with Gasteiger partial charge in [-0.1, -0.05) is 31.2 Å². The third-order valence-electron chi connectivity index (χ3n) is 5.33. The Morgan fingerprint density at radius 1 is 0.971 bits per heavy atom. The summed E-state index contributed by atoms with van der Waals surface area (Å²) < 4.78 is 18.5. The number of hydrogen-bond acceptors (Lipinski definition) is 8. The fraction of sp³-hybridized carbons (Fsp3) is 0.320. The third kappa shape index (κ3) is 5.20. The monoisotopic (exact) mass is 496 g/mol. The smallest absolute Gasteiger partial charge is 0.191 e. The lowest BCUT2D eigenvalue weighted by Crippen LogP contribution is -2.03. The topological polar surface area (TPSA) is 71.3 Å². The van der Waals surface area contributed by atoms with E-state index in [2.05, 4.69) is 27.1 Å². The van der Waals surface area contributed by atoms with Crippen molar-refractivity contribution >= 4 is 23.1 Å². The molecule has 0 radical (unpaired) electrons. The minimum absolute atomic E-state index is 0.696. The van der Waals surface area contributed by atoms with Crippen LogP contribution in [0.4, 0.5) is 0 Å². The molecular weight excluding hydrogens is 468 g/mol. The maximum atomic E-state index is 5.58. The SMILES string of the molecule is CCCCn1c(SCc2csc(-c3cccc(OC)c3OC)n2)nnc1-c1ccc(OC)cc1. The van der Waals surface area contributed by atoms with Gasteiger partial charge in [0.25, 0.3) is 0 Å². The normalized spacial score (nSPS) is 10.9. The summed E-state index contributed by atoms with van der Waals surface area (Å²) in [5.74, 6) is 3.79. The summed E-state index contributed by atoms with van der Waals surface area (Å²) in [4.78, 5) is 4.85. The van der Waals surface area contributed by atoms with Gasteiger partial charge in [-0.2, -0.15) is 0 Å². The molecule has 0 unspecified atom stereocenters. The van der Waals surface area contributed by atoms with Crippen LogP contribution in [0.25, 0.3) is 22.0 Å². The van der Waals surface area contributed by atoms with Gasteiger partial charge in [-0.25, -0.2) is 4.98 Å². The van der Waals surface area contributed by atoms with Crippen LogP contribution in [0.15, 0.2) is 53.0 Å². The lowest BCUT2D eigenvalue weighted by molar-refractivity contribution is 0.356. The van der Waals surface area contributed by atoms with Crippen molar-refractivity contribution in [2.75, 3.05) is 21.3 Å². The molecular formula is C25H28N4O3S2. The Labute approximate surface area is 208 Å². The van der Waals surface area contributed by atoms with Gasteiger partial charge in [-0.15, -0.1) is 21.5 Å². The van der Waals surface area contributed by atoms with E-state index in [-0.39, 0.29) is 0 Å². The van der Waals surface area contributed by atoms with Gasteiger partial charge in [0, 0.05) is 23.2 Å². The third-order valence-corrected chi connectivity index (χ3v) is 7.26. The summed E-state index contributed by atoms with van der Waals surface area (Å²) in [6.07, 6.45) is 2.16. The minimum Gasteiger partial charge on any atom is -0.497 e. The van der Waals surface area contributed by atoms with Crippen LogP contribution in [0.1, 0.15) is 25.5 Å². The van der Waals surface area contributed by atoms with Crippen LogP contribution in [0.2, 0.25) is 0 Å². The molecule has 0 aliphatic rings. The van der Waals surface area contributed by atoms with Crippen molar-refractivity contribution in [2.45, 2.75) is 37.2 Å². The van der Waals surface area contributed by atoms with Gasteiger partial charge >= 0.3 is 0 Å². The van der Waals surface area contributed by atoms with Crippen LogP contribution in [-0.4, -0.2) is 41.1 Å². The Morgan fingerprint density at radius 2 is 1.79 bits per heavy atom. The molecule has 178 valence electrons. The molecule has 0 aliphatic heterocycles. The first-order chi connectivity index (χ1) is 16.7. The number of rotatable bonds is 11.